The maximum atomic E-state index is 12.5. The van der Waals surface area contributed by atoms with Crippen molar-refractivity contribution >= 4 is 11.8 Å². The summed E-state index contributed by atoms with van der Waals surface area (Å²) in [5, 5.41) is 10.5. The zero-order chi connectivity index (χ0) is 15.5. The number of nitrogens with two attached hydrogens (primary N) is 1. The van der Waals surface area contributed by atoms with Crippen LogP contribution in [-0.2, 0) is 9.59 Å². The molecule has 2 amide bonds. The molecule has 0 unspecified atom stereocenters. The van der Waals surface area contributed by atoms with Crippen LogP contribution in [0.15, 0.2) is 0 Å². The number of rotatable bonds is 3. The molecular weight excluding hydrogens is 270 g/mol. The smallest absolute Gasteiger partial charge is 0.225 e. The molecule has 0 aromatic carbocycles. The lowest BCUT2D eigenvalue weighted by Gasteiger charge is -2.33. The Morgan fingerprint density at radius 1 is 1.19 bits per heavy atom. The first kappa shape index (κ1) is 16.2. The van der Waals surface area contributed by atoms with E-state index in [-0.39, 0.29) is 24.2 Å². The molecule has 1 atom stereocenters. The molecule has 1 saturated carbocycles. The van der Waals surface area contributed by atoms with Crippen LogP contribution in [0.4, 0.5) is 0 Å². The van der Waals surface area contributed by atoms with E-state index in [1.807, 2.05) is 11.9 Å². The van der Waals surface area contributed by atoms with Gasteiger partial charge in [0, 0.05) is 26.2 Å². The van der Waals surface area contributed by atoms with E-state index in [9.17, 15) is 14.7 Å². The number of hydrogen-bond acceptors (Lipinski definition) is 4. The SMILES string of the molecule is CN1CCN(C(=O)CC2(O)CCCCC2)C[C@H](C(N)=O)C1. The standard InChI is InChI=1S/C15H27N3O3/c1-17-7-8-18(11-12(10-17)14(16)20)13(19)9-15(21)5-3-2-4-6-15/h12,21H,2-11H2,1H3,(H2,16,20)/t12-/m1/s1. The third-order valence-corrected chi connectivity index (χ3v) is 4.74. The number of amides is 2. The predicted octanol–water partition coefficient (Wildman–Crippen LogP) is -0.0528. The van der Waals surface area contributed by atoms with E-state index >= 15 is 0 Å². The van der Waals surface area contributed by atoms with E-state index in [1.165, 1.54) is 0 Å². The van der Waals surface area contributed by atoms with Gasteiger partial charge in [-0.1, -0.05) is 19.3 Å². The Bertz CT molecular complexity index is 394. The molecule has 120 valence electrons. The molecule has 1 saturated heterocycles. The second-order valence-electron chi connectivity index (χ2n) is 6.66. The molecule has 3 N–H and O–H groups in total. The van der Waals surface area contributed by atoms with Crippen molar-refractivity contribution in [2.75, 3.05) is 33.2 Å². The van der Waals surface area contributed by atoms with Crippen LogP contribution in [0.3, 0.4) is 0 Å². The fraction of sp³-hybridized carbons (Fsp3) is 0.867. The zero-order valence-electron chi connectivity index (χ0n) is 12.9. The number of aliphatic hydroxyl groups is 1. The van der Waals surface area contributed by atoms with Gasteiger partial charge in [-0.25, -0.2) is 0 Å². The van der Waals surface area contributed by atoms with Crippen molar-refractivity contribution in [2.45, 2.75) is 44.1 Å². The maximum absolute atomic E-state index is 12.5. The van der Waals surface area contributed by atoms with Crippen LogP contribution in [-0.4, -0.2) is 65.5 Å². The normalized spacial score (nSPS) is 27.1. The largest absolute Gasteiger partial charge is 0.389 e. The summed E-state index contributed by atoms with van der Waals surface area (Å²) in [7, 11) is 1.93. The van der Waals surface area contributed by atoms with Crippen LogP contribution in [0.1, 0.15) is 38.5 Å². The number of hydrogen-bond donors (Lipinski definition) is 2. The lowest BCUT2D eigenvalue weighted by atomic mass is 9.82. The van der Waals surface area contributed by atoms with Crippen molar-refractivity contribution in [1.82, 2.24) is 9.80 Å². The van der Waals surface area contributed by atoms with Gasteiger partial charge in [-0.3, -0.25) is 9.59 Å². The molecule has 6 heteroatoms. The lowest BCUT2D eigenvalue weighted by Crippen LogP contribution is -2.44. The molecule has 21 heavy (non-hydrogen) atoms. The van der Waals surface area contributed by atoms with Gasteiger partial charge in [0.15, 0.2) is 0 Å². The quantitative estimate of drug-likeness (QED) is 0.764. The Morgan fingerprint density at radius 2 is 1.86 bits per heavy atom. The molecule has 0 radical (unpaired) electrons. The highest BCUT2D eigenvalue weighted by Crippen LogP contribution is 2.31. The van der Waals surface area contributed by atoms with Crippen LogP contribution >= 0.6 is 0 Å². The summed E-state index contributed by atoms with van der Waals surface area (Å²) in [4.78, 5) is 27.7. The van der Waals surface area contributed by atoms with E-state index < -0.39 is 5.60 Å². The minimum atomic E-state index is -0.851. The summed E-state index contributed by atoms with van der Waals surface area (Å²) in [6.45, 7) is 2.28. The Morgan fingerprint density at radius 3 is 2.48 bits per heavy atom. The number of carbonyl (C=O) groups is 2. The van der Waals surface area contributed by atoms with Gasteiger partial charge in [-0.15, -0.1) is 0 Å². The van der Waals surface area contributed by atoms with E-state index in [4.69, 9.17) is 5.73 Å². The minimum absolute atomic E-state index is 0.0547. The third kappa shape index (κ3) is 4.41. The molecule has 1 aliphatic heterocycles. The molecule has 2 aliphatic rings. The highest BCUT2D eigenvalue weighted by Gasteiger charge is 2.35. The predicted molar refractivity (Wildman–Crippen MR) is 79.4 cm³/mol. The average Bonchev–Trinajstić information content (AvgIpc) is 2.61. The van der Waals surface area contributed by atoms with Crippen molar-refractivity contribution in [1.29, 1.82) is 0 Å². The van der Waals surface area contributed by atoms with Crippen molar-refractivity contribution in [3.05, 3.63) is 0 Å². The maximum Gasteiger partial charge on any atom is 0.225 e. The highest BCUT2D eigenvalue weighted by atomic mass is 16.3. The fourth-order valence-corrected chi connectivity index (χ4v) is 3.36. The number of nitrogens with zero attached hydrogens (tertiary/aromatic N) is 2. The zero-order valence-corrected chi connectivity index (χ0v) is 12.9. The van der Waals surface area contributed by atoms with E-state index in [1.54, 1.807) is 4.90 Å². The highest BCUT2D eigenvalue weighted by molar-refractivity contribution is 5.80. The van der Waals surface area contributed by atoms with E-state index in [0.29, 0.717) is 32.5 Å². The number of primary amides is 1. The molecule has 0 spiro atoms. The molecule has 6 nitrogen and oxygen atoms in total. The summed E-state index contributed by atoms with van der Waals surface area (Å²) >= 11 is 0. The molecule has 0 bridgehead atoms. The van der Waals surface area contributed by atoms with Gasteiger partial charge in [0.2, 0.25) is 11.8 Å². The number of likely N-dealkylation sites (N-methyl/N-ethyl adjacent to an activating group) is 1. The molecule has 1 aliphatic carbocycles. The Hall–Kier alpha value is -1.14. The third-order valence-electron chi connectivity index (χ3n) is 4.74. The molecular formula is C15H27N3O3. The summed E-state index contributed by atoms with van der Waals surface area (Å²) in [5.74, 6) is -0.749. The molecule has 2 rings (SSSR count). The summed E-state index contributed by atoms with van der Waals surface area (Å²) in [5.41, 5.74) is 4.57. The minimum Gasteiger partial charge on any atom is -0.389 e. The van der Waals surface area contributed by atoms with Gasteiger partial charge >= 0.3 is 0 Å². The van der Waals surface area contributed by atoms with Crippen molar-refractivity contribution < 1.29 is 14.7 Å². The van der Waals surface area contributed by atoms with Gasteiger partial charge in [-0.05, 0) is 19.9 Å². The average molecular weight is 297 g/mol. The lowest BCUT2D eigenvalue weighted by molar-refractivity contribution is -0.138. The summed E-state index contributed by atoms with van der Waals surface area (Å²) < 4.78 is 0. The molecule has 0 aromatic rings. The monoisotopic (exact) mass is 297 g/mol. The van der Waals surface area contributed by atoms with Crippen molar-refractivity contribution in [2.24, 2.45) is 11.7 Å². The van der Waals surface area contributed by atoms with Crippen LogP contribution in [0.5, 0.6) is 0 Å². The van der Waals surface area contributed by atoms with Crippen LogP contribution in [0.25, 0.3) is 0 Å². The van der Waals surface area contributed by atoms with Crippen LogP contribution in [0, 0.1) is 5.92 Å². The van der Waals surface area contributed by atoms with Gasteiger partial charge in [0.25, 0.3) is 0 Å². The Labute approximate surface area is 126 Å². The van der Waals surface area contributed by atoms with Crippen molar-refractivity contribution in [3.63, 3.8) is 0 Å². The first-order chi connectivity index (χ1) is 9.89. The van der Waals surface area contributed by atoms with E-state index in [0.717, 1.165) is 25.8 Å². The summed E-state index contributed by atoms with van der Waals surface area (Å²) in [6, 6.07) is 0. The first-order valence-electron chi connectivity index (χ1n) is 7.88. The Balaban J connectivity index is 1.98. The van der Waals surface area contributed by atoms with Gasteiger partial charge < -0.3 is 20.6 Å². The number of carbonyl (C=O) groups excluding carboxylic acids is 2. The Kier molecular flexibility index (Phi) is 5.22. The molecule has 1 heterocycles. The second-order valence-corrected chi connectivity index (χ2v) is 6.66. The van der Waals surface area contributed by atoms with Crippen molar-refractivity contribution in [3.8, 4) is 0 Å². The van der Waals surface area contributed by atoms with Gasteiger partial charge in [0.05, 0.1) is 17.9 Å². The first-order valence-corrected chi connectivity index (χ1v) is 7.88. The van der Waals surface area contributed by atoms with Gasteiger partial charge in [-0.2, -0.15) is 0 Å². The topological polar surface area (TPSA) is 86.9 Å². The molecule has 0 aromatic heterocycles. The van der Waals surface area contributed by atoms with E-state index in [2.05, 4.69) is 0 Å². The van der Waals surface area contributed by atoms with Gasteiger partial charge in [0.1, 0.15) is 0 Å². The van der Waals surface area contributed by atoms with Crippen LogP contribution < -0.4 is 5.73 Å². The second kappa shape index (κ2) is 6.75. The summed E-state index contributed by atoms with van der Waals surface area (Å²) in [6.07, 6.45) is 4.67. The van der Waals surface area contributed by atoms with Crippen LogP contribution in [0.2, 0.25) is 0 Å². The fourth-order valence-electron chi connectivity index (χ4n) is 3.36. The molecule has 2 fully saturated rings.